The molecule has 0 unspecified atom stereocenters. The van der Waals surface area contributed by atoms with Crippen LogP contribution in [0.5, 0.6) is 5.75 Å². The Labute approximate surface area is 166 Å². The number of hydrogen-bond donors (Lipinski definition) is 1. The largest absolute Gasteiger partial charge is 0.485 e. The first kappa shape index (κ1) is 18.7. The maximum Gasteiger partial charge on any atom is 0.225 e. The van der Waals surface area contributed by atoms with E-state index in [4.69, 9.17) is 4.74 Å². The van der Waals surface area contributed by atoms with E-state index in [2.05, 4.69) is 27.1 Å². The number of anilines is 2. The Morgan fingerprint density at radius 2 is 2.00 bits per heavy atom. The third-order valence-corrected chi connectivity index (χ3v) is 5.76. The van der Waals surface area contributed by atoms with E-state index < -0.39 is 0 Å². The highest BCUT2D eigenvalue weighted by molar-refractivity contribution is 6.02. The van der Waals surface area contributed by atoms with Gasteiger partial charge in [0.1, 0.15) is 5.75 Å². The van der Waals surface area contributed by atoms with Crippen molar-refractivity contribution in [3.63, 3.8) is 0 Å². The van der Waals surface area contributed by atoms with E-state index in [0.29, 0.717) is 11.3 Å². The van der Waals surface area contributed by atoms with Gasteiger partial charge in [-0.2, -0.15) is 0 Å². The fourth-order valence-electron chi connectivity index (χ4n) is 3.94. The van der Waals surface area contributed by atoms with Gasteiger partial charge >= 0.3 is 0 Å². The number of nitrogens with one attached hydrogen (secondary N) is 1. The molecular weight excluding hydrogens is 352 g/mol. The number of ether oxygens (including phenoxy) is 1. The van der Waals surface area contributed by atoms with Gasteiger partial charge in [0.25, 0.3) is 0 Å². The van der Waals surface area contributed by atoms with Crippen LogP contribution in [0.15, 0.2) is 30.6 Å². The van der Waals surface area contributed by atoms with Gasteiger partial charge in [0.15, 0.2) is 6.61 Å². The fraction of sp³-hybridized carbons (Fsp3) is 0.500. The number of fused-ring (bicyclic) bond motifs is 1. The van der Waals surface area contributed by atoms with Gasteiger partial charge in [-0.05, 0) is 55.7 Å². The molecule has 1 fully saturated rings. The van der Waals surface area contributed by atoms with Gasteiger partial charge < -0.3 is 15.0 Å². The summed E-state index contributed by atoms with van der Waals surface area (Å²) in [7, 11) is 0. The lowest BCUT2D eigenvalue weighted by atomic mass is 9.92. The molecule has 1 aromatic heterocycles. The maximum atomic E-state index is 11.6. The summed E-state index contributed by atoms with van der Waals surface area (Å²) >= 11 is 0. The lowest BCUT2D eigenvalue weighted by Gasteiger charge is -2.32. The molecule has 1 saturated heterocycles. The van der Waals surface area contributed by atoms with Gasteiger partial charge in [0.2, 0.25) is 11.7 Å². The summed E-state index contributed by atoms with van der Waals surface area (Å²) < 4.78 is 5.41. The predicted molar refractivity (Wildman–Crippen MR) is 110 cm³/mol. The second kappa shape index (κ2) is 8.59. The van der Waals surface area contributed by atoms with Crippen LogP contribution in [0, 0.1) is 5.92 Å². The van der Waals surface area contributed by atoms with Gasteiger partial charge in [-0.15, -0.1) is 0 Å². The molecule has 6 nitrogen and oxygen atoms in total. The second-order valence-electron chi connectivity index (χ2n) is 7.67. The molecule has 6 heteroatoms. The van der Waals surface area contributed by atoms with Crippen LogP contribution in [0.4, 0.5) is 11.6 Å². The quantitative estimate of drug-likeness (QED) is 0.739. The Hall–Kier alpha value is -2.63. The van der Waals surface area contributed by atoms with Crippen LogP contribution >= 0.6 is 0 Å². The summed E-state index contributed by atoms with van der Waals surface area (Å²) in [5.74, 6) is 2.42. The predicted octanol–water partition coefficient (Wildman–Crippen LogP) is 3.72. The van der Waals surface area contributed by atoms with Crippen LogP contribution in [0.3, 0.4) is 0 Å². The van der Waals surface area contributed by atoms with Crippen molar-refractivity contribution in [2.24, 2.45) is 5.92 Å². The van der Waals surface area contributed by atoms with Gasteiger partial charge in [-0.25, -0.2) is 9.97 Å². The molecule has 148 valence electrons. The molecule has 1 aromatic carbocycles. The zero-order chi connectivity index (χ0) is 19.3. The molecule has 2 aliphatic rings. The maximum absolute atomic E-state index is 11.6. The topological polar surface area (TPSA) is 67.3 Å². The number of benzene rings is 1. The van der Waals surface area contributed by atoms with Crippen molar-refractivity contribution >= 4 is 17.4 Å². The highest BCUT2D eigenvalue weighted by atomic mass is 16.5. The minimum absolute atomic E-state index is 0.0691. The second-order valence-corrected chi connectivity index (χ2v) is 7.67. The van der Waals surface area contributed by atoms with Crippen LogP contribution in [0.1, 0.15) is 48.5 Å². The van der Waals surface area contributed by atoms with E-state index in [1.54, 1.807) is 0 Å². The van der Waals surface area contributed by atoms with E-state index in [1.807, 2.05) is 30.6 Å². The molecule has 0 radical (unpaired) electrons. The number of rotatable bonds is 7. The summed E-state index contributed by atoms with van der Waals surface area (Å²) in [5.41, 5.74) is 2.91. The molecule has 4 rings (SSSR count). The molecule has 3 heterocycles. The SMILES string of the molecule is CCc1cnc(N2CCC(CCCNc3ccc4c(c3)OCC4=O)CC2)nc1. The number of aromatic nitrogens is 2. The highest BCUT2D eigenvalue weighted by Gasteiger charge is 2.22. The highest BCUT2D eigenvalue weighted by Crippen LogP contribution is 2.29. The fourth-order valence-corrected chi connectivity index (χ4v) is 3.94. The first-order valence-electron chi connectivity index (χ1n) is 10.3. The Balaban J connectivity index is 1.17. The molecule has 0 bridgehead atoms. The minimum Gasteiger partial charge on any atom is -0.485 e. The molecule has 2 aliphatic heterocycles. The van der Waals surface area contributed by atoms with Gasteiger partial charge in [0, 0.05) is 43.8 Å². The van der Waals surface area contributed by atoms with E-state index in [0.717, 1.165) is 50.0 Å². The van der Waals surface area contributed by atoms with Gasteiger partial charge in [0.05, 0.1) is 5.56 Å². The molecule has 0 aliphatic carbocycles. The number of nitrogens with zero attached hydrogens (tertiary/aromatic N) is 3. The van der Waals surface area contributed by atoms with Crippen molar-refractivity contribution in [3.8, 4) is 5.75 Å². The van der Waals surface area contributed by atoms with Crippen molar-refractivity contribution in [2.45, 2.75) is 39.0 Å². The van der Waals surface area contributed by atoms with Crippen LogP contribution in [-0.4, -0.2) is 42.0 Å². The number of carbonyl (C=O) groups excluding carboxylic acids is 1. The summed E-state index contributed by atoms with van der Waals surface area (Å²) in [6.45, 7) is 5.32. The molecule has 2 aromatic rings. The van der Waals surface area contributed by atoms with Crippen molar-refractivity contribution < 1.29 is 9.53 Å². The van der Waals surface area contributed by atoms with Crippen molar-refractivity contribution in [1.82, 2.24) is 9.97 Å². The number of carbonyl (C=O) groups is 1. The lowest BCUT2D eigenvalue weighted by Crippen LogP contribution is -2.35. The molecule has 28 heavy (non-hydrogen) atoms. The molecule has 1 N–H and O–H groups in total. The van der Waals surface area contributed by atoms with E-state index in [9.17, 15) is 4.79 Å². The minimum atomic E-state index is 0.0691. The van der Waals surface area contributed by atoms with Crippen LogP contribution in [0.2, 0.25) is 0 Å². The normalized spacial score (nSPS) is 16.8. The molecule has 0 saturated carbocycles. The van der Waals surface area contributed by atoms with Gasteiger partial charge in [-0.3, -0.25) is 4.79 Å². The van der Waals surface area contributed by atoms with Crippen molar-refractivity contribution in [2.75, 3.05) is 36.5 Å². The summed E-state index contributed by atoms with van der Waals surface area (Å²) in [4.78, 5) is 22.9. The Bertz CT molecular complexity index is 814. The molecule has 0 amide bonds. The first-order valence-corrected chi connectivity index (χ1v) is 10.3. The van der Waals surface area contributed by atoms with Crippen LogP contribution < -0.4 is 15.0 Å². The third-order valence-electron chi connectivity index (χ3n) is 5.76. The summed E-state index contributed by atoms with van der Waals surface area (Å²) in [6, 6.07) is 5.76. The number of ketones is 1. The summed E-state index contributed by atoms with van der Waals surface area (Å²) in [6.07, 6.45) is 9.65. The van der Waals surface area contributed by atoms with Crippen molar-refractivity contribution in [1.29, 1.82) is 0 Å². The molecule has 0 atom stereocenters. The van der Waals surface area contributed by atoms with E-state index >= 15 is 0 Å². The molecular formula is C22H28N4O2. The molecule has 0 spiro atoms. The van der Waals surface area contributed by atoms with E-state index in [-0.39, 0.29) is 12.4 Å². The average molecular weight is 380 g/mol. The Morgan fingerprint density at radius 3 is 2.75 bits per heavy atom. The Morgan fingerprint density at radius 1 is 1.21 bits per heavy atom. The first-order chi connectivity index (χ1) is 13.7. The lowest BCUT2D eigenvalue weighted by molar-refractivity contribution is 0.0961. The monoisotopic (exact) mass is 380 g/mol. The zero-order valence-electron chi connectivity index (χ0n) is 16.5. The number of hydrogen-bond acceptors (Lipinski definition) is 6. The number of aryl methyl sites for hydroxylation is 1. The zero-order valence-corrected chi connectivity index (χ0v) is 16.5. The third kappa shape index (κ3) is 4.26. The van der Waals surface area contributed by atoms with Crippen LogP contribution in [-0.2, 0) is 6.42 Å². The average Bonchev–Trinajstić information content (AvgIpc) is 3.12. The number of Topliss-reactive ketones (excluding diaryl/α,β-unsaturated/α-hetero) is 1. The van der Waals surface area contributed by atoms with Crippen molar-refractivity contribution in [3.05, 3.63) is 41.7 Å². The van der Waals surface area contributed by atoms with Crippen LogP contribution in [0.25, 0.3) is 0 Å². The smallest absolute Gasteiger partial charge is 0.225 e. The van der Waals surface area contributed by atoms with Gasteiger partial charge in [-0.1, -0.05) is 6.92 Å². The Kier molecular flexibility index (Phi) is 5.74. The van der Waals surface area contributed by atoms with E-state index in [1.165, 1.54) is 24.8 Å². The number of piperidine rings is 1. The standard InChI is InChI=1S/C22H28N4O2/c1-2-16-13-24-22(25-14-16)26-10-7-17(8-11-26)4-3-9-23-18-5-6-19-20(27)15-28-21(19)12-18/h5-6,12-14,17,23H,2-4,7-11,15H2,1H3. The summed E-state index contributed by atoms with van der Waals surface area (Å²) in [5, 5.41) is 3.45.